The molecule has 1 saturated heterocycles. The van der Waals surface area contributed by atoms with Crippen molar-refractivity contribution in [2.24, 2.45) is 5.92 Å². The van der Waals surface area contributed by atoms with Crippen LogP contribution in [0.25, 0.3) is 0 Å². The van der Waals surface area contributed by atoms with Crippen LogP contribution >= 0.6 is 0 Å². The Labute approximate surface area is 137 Å². The van der Waals surface area contributed by atoms with Gasteiger partial charge in [0.1, 0.15) is 10.6 Å². The standard InChI is InChI=1S/C15H23N3O4S/c1-16-9-7-12(8-10-16)11-17(2)13-5-4-6-14(23(3,21)22)15(13)18(19)20/h4-6,12H,7-11H2,1-3H3. The minimum Gasteiger partial charge on any atom is -0.369 e. The molecule has 1 aromatic rings. The smallest absolute Gasteiger partial charge is 0.311 e. The van der Waals surface area contributed by atoms with Crippen molar-refractivity contribution in [3.63, 3.8) is 0 Å². The first-order chi connectivity index (χ1) is 10.7. The molecule has 0 aliphatic carbocycles. The molecule has 1 fully saturated rings. The van der Waals surface area contributed by atoms with E-state index in [1.807, 2.05) is 4.90 Å². The van der Waals surface area contributed by atoms with Crippen LogP contribution in [0.2, 0.25) is 0 Å². The quantitative estimate of drug-likeness (QED) is 0.599. The fourth-order valence-corrected chi connectivity index (χ4v) is 3.89. The summed E-state index contributed by atoms with van der Waals surface area (Å²) < 4.78 is 23.7. The van der Waals surface area contributed by atoms with Crippen LogP contribution in [0.1, 0.15) is 12.8 Å². The van der Waals surface area contributed by atoms with E-state index in [1.165, 1.54) is 6.07 Å². The predicted octanol–water partition coefficient (Wildman–Crippen LogP) is 1.78. The maximum absolute atomic E-state index is 11.8. The zero-order valence-corrected chi connectivity index (χ0v) is 14.5. The highest BCUT2D eigenvalue weighted by Crippen LogP contribution is 2.34. The van der Waals surface area contributed by atoms with Gasteiger partial charge in [-0.2, -0.15) is 0 Å². The van der Waals surface area contributed by atoms with Gasteiger partial charge in [0.15, 0.2) is 9.84 Å². The number of benzene rings is 1. The first-order valence-corrected chi connectivity index (χ1v) is 9.46. The third-order valence-corrected chi connectivity index (χ3v) is 5.47. The number of rotatable bonds is 5. The molecular formula is C15H23N3O4S. The van der Waals surface area contributed by atoms with Gasteiger partial charge in [-0.3, -0.25) is 10.1 Å². The van der Waals surface area contributed by atoms with Gasteiger partial charge in [-0.1, -0.05) is 6.07 Å². The van der Waals surface area contributed by atoms with Gasteiger partial charge in [0.2, 0.25) is 0 Å². The number of hydrogen-bond acceptors (Lipinski definition) is 6. The van der Waals surface area contributed by atoms with Crippen molar-refractivity contribution in [2.75, 3.05) is 44.9 Å². The van der Waals surface area contributed by atoms with E-state index < -0.39 is 14.8 Å². The molecule has 0 unspecified atom stereocenters. The number of para-hydroxylation sites is 1. The minimum atomic E-state index is -3.65. The zero-order chi connectivity index (χ0) is 17.2. The molecule has 8 heteroatoms. The SMILES string of the molecule is CN1CCC(CN(C)c2cccc(S(C)(=O)=O)c2[N+](=O)[O-])CC1. The summed E-state index contributed by atoms with van der Waals surface area (Å²) in [5.74, 6) is 0.456. The third-order valence-electron chi connectivity index (χ3n) is 4.34. The largest absolute Gasteiger partial charge is 0.369 e. The molecule has 0 amide bonds. The molecule has 1 heterocycles. The Bertz CT molecular complexity index is 682. The molecule has 7 nitrogen and oxygen atoms in total. The molecule has 1 aliphatic heterocycles. The van der Waals surface area contributed by atoms with E-state index in [0.29, 0.717) is 18.2 Å². The van der Waals surface area contributed by atoms with Gasteiger partial charge in [-0.25, -0.2) is 8.42 Å². The maximum atomic E-state index is 11.8. The highest BCUT2D eigenvalue weighted by Gasteiger charge is 2.29. The number of sulfone groups is 1. The minimum absolute atomic E-state index is 0.227. The van der Waals surface area contributed by atoms with Crippen molar-refractivity contribution in [2.45, 2.75) is 17.7 Å². The normalized spacial score (nSPS) is 17.2. The number of anilines is 1. The summed E-state index contributed by atoms with van der Waals surface area (Å²) >= 11 is 0. The molecule has 1 aromatic carbocycles. The van der Waals surface area contributed by atoms with Gasteiger partial charge in [-0.05, 0) is 51.0 Å². The second kappa shape index (κ2) is 6.84. The number of likely N-dealkylation sites (tertiary alicyclic amines) is 1. The van der Waals surface area contributed by atoms with Gasteiger partial charge in [0.05, 0.1) is 4.92 Å². The number of nitro groups is 1. The molecule has 0 bridgehead atoms. The molecule has 0 aromatic heterocycles. The predicted molar refractivity (Wildman–Crippen MR) is 89.7 cm³/mol. The Morgan fingerprint density at radius 3 is 2.48 bits per heavy atom. The summed E-state index contributed by atoms with van der Waals surface area (Å²) in [6.07, 6.45) is 3.08. The summed E-state index contributed by atoms with van der Waals surface area (Å²) in [5.41, 5.74) is 0.0299. The average Bonchev–Trinajstić information content (AvgIpc) is 2.47. The van der Waals surface area contributed by atoms with Gasteiger partial charge in [0, 0.05) is 19.8 Å². The average molecular weight is 341 g/mol. The third kappa shape index (κ3) is 4.20. The van der Waals surface area contributed by atoms with Gasteiger partial charge in [-0.15, -0.1) is 0 Å². The number of nitro benzene ring substituents is 1. The van der Waals surface area contributed by atoms with Crippen molar-refractivity contribution in [3.8, 4) is 0 Å². The van der Waals surface area contributed by atoms with E-state index in [4.69, 9.17) is 0 Å². The number of piperidine rings is 1. The summed E-state index contributed by atoms with van der Waals surface area (Å²) in [6, 6.07) is 4.46. The van der Waals surface area contributed by atoms with E-state index in [-0.39, 0.29) is 10.6 Å². The molecule has 0 radical (unpaired) electrons. The van der Waals surface area contributed by atoms with Gasteiger partial charge in [0.25, 0.3) is 0 Å². The molecule has 0 atom stereocenters. The molecule has 1 aliphatic rings. The summed E-state index contributed by atoms with van der Waals surface area (Å²) in [6.45, 7) is 2.72. The summed E-state index contributed by atoms with van der Waals surface area (Å²) in [5, 5.41) is 11.4. The van der Waals surface area contributed by atoms with Crippen molar-refractivity contribution >= 4 is 21.2 Å². The molecule has 23 heavy (non-hydrogen) atoms. The van der Waals surface area contributed by atoms with Crippen LogP contribution in [0, 0.1) is 16.0 Å². The second-order valence-corrected chi connectivity index (χ2v) is 8.26. The lowest BCUT2D eigenvalue weighted by molar-refractivity contribution is -0.387. The topological polar surface area (TPSA) is 83.8 Å². The Morgan fingerprint density at radius 1 is 1.35 bits per heavy atom. The number of hydrogen-bond donors (Lipinski definition) is 0. The van der Waals surface area contributed by atoms with Crippen molar-refractivity contribution in [1.29, 1.82) is 0 Å². The van der Waals surface area contributed by atoms with Crippen LogP contribution in [0.5, 0.6) is 0 Å². The Kier molecular flexibility index (Phi) is 5.26. The molecule has 0 spiro atoms. The lowest BCUT2D eigenvalue weighted by Crippen LogP contribution is -2.36. The van der Waals surface area contributed by atoms with E-state index in [0.717, 1.165) is 32.2 Å². The van der Waals surface area contributed by atoms with E-state index in [9.17, 15) is 18.5 Å². The molecule has 0 saturated carbocycles. The lowest BCUT2D eigenvalue weighted by Gasteiger charge is -2.32. The maximum Gasteiger partial charge on any atom is 0.311 e. The van der Waals surface area contributed by atoms with Crippen LogP contribution < -0.4 is 4.90 Å². The summed E-state index contributed by atoms with van der Waals surface area (Å²) in [4.78, 5) is 14.7. The molecule has 128 valence electrons. The van der Waals surface area contributed by atoms with Crippen molar-refractivity contribution in [3.05, 3.63) is 28.3 Å². The van der Waals surface area contributed by atoms with E-state index in [1.54, 1.807) is 19.2 Å². The molecule has 0 N–H and O–H groups in total. The fourth-order valence-electron chi connectivity index (χ4n) is 3.03. The van der Waals surface area contributed by atoms with E-state index >= 15 is 0 Å². The summed E-state index contributed by atoms with van der Waals surface area (Å²) in [7, 11) is 0.218. The van der Waals surface area contributed by atoms with Crippen LogP contribution in [0.4, 0.5) is 11.4 Å². The van der Waals surface area contributed by atoms with Crippen molar-refractivity contribution in [1.82, 2.24) is 4.90 Å². The van der Waals surface area contributed by atoms with Crippen LogP contribution in [-0.2, 0) is 9.84 Å². The second-order valence-electron chi connectivity index (χ2n) is 6.28. The van der Waals surface area contributed by atoms with Crippen LogP contribution in [-0.4, -0.2) is 58.2 Å². The lowest BCUT2D eigenvalue weighted by atomic mass is 9.96. The number of nitrogens with zero attached hydrogens (tertiary/aromatic N) is 3. The first kappa shape index (κ1) is 17.7. The first-order valence-electron chi connectivity index (χ1n) is 7.57. The highest BCUT2D eigenvalue weighted by molar-refractivity contribution is 7.90. The Morgan fingerprint density at radius 2 is 1.96 bits per heavy atom. The molecular weight excluding hydrogens is 318 g/mol. The Hall–Kier alpha value is -1.67. The van der Waals surface area contributed by atoms with Gasteiger partial charge >= 0.3 is 5.69 Å². The van der Waals surface area contributed by atoms with Crippen LogP contribution in [0.15, 0.2) is 23.1 Å². The monoisotopic (exact) mass is 341 g/mol. The Balaban J connectivity index is 2.29. The fraction of sp³-hybridized carbons (Fsp3) is 0.600. The highest BCUT2D eigenvalue weighted by atomic mass is 32.2. The van der Waals surface area contributed by atoms with Gasteiger partial charge < -0.3 is 9.80 Å². The van der Waals surface area contributed by atoms with Crippen molar-refractivity contribution < 1.29 is 13.3 Å². The molecule has 2 rings (SSSR count). The zero-order valence-electron chi connectivity index (χ0n) is 13.7. The van der Waals surface area contributed by atoms with E-state index in [2.05, 4.69) is 11.9 Å². The van der Waals surface area contributed by atoms with Crippen LogP contribution in [0.3, 0.4) is 0 Å².